The van der Waals surface area contributed by atoms with Gasteiger partial charge in [-0.25, -0.2) is 0 Å². The molecule has 1 aliphatic rings. The molecule has 1 unspecified atom stereocenters. The van der Waals surface area contributed by atoms with Gasteiger partial charge < -0.3 is 0 Å². The molecule has 0 spiro atoms. The Kier molecular flexibility index (Phi) is 6.61. The maximum Gasteiger partial charge on any atom is 0.0249 e. The topological polar surface area (TPSA) is 0 Å². The van der Waals surface area contributed by atoms with Crippen LogP contribution in [-0.4, -0.2) is 0 Å². The Morgan fingerprint density at radius 3 is 2.48 bits per heavy atom. The molecule has 0 nitrogen and oxygen atoms in total. The molecule has 0 N–H and O–H groups in total. The largest absolute Gasteiger partial charge is 0.0726 e. The van der Waals surface area contributed by atoms with E-state index >= 15 is 0 Å². The van der Waals surface area contributed by atoms with Crippen LogP contribution >= 0.6 is 0 Å². The van der Waals surface area contributed by atoms with Crippen LogP contribution < -0.4 is 0 Å². The van der Waals surface area contributed by atoms with Crippen LogP contribution in [-0.2, 0) is 6.42 Å². The molecule has 0 radical (unpaired) electrons. The summed E-state index contributed by atoms with van der Waals surface area (Å²) in [4.78, 5) is 0. The third-order valence-electron chi connectivity index (χ3n) is 4.47. The summed E-state index contributed by atoms with van der Waals surface area (Å²) < 4.78 is 0. The van der Waals surface area contributed by atoms with Gasteiger partial charge in [-0.05, 0) is 54.9 Å². The van der Waals surface area contributed by atoms with Gasteiger partial charge in [0.15, 0.2) is 0 Å². The first-order chi connectivity index (χ1) is 10.3. The maximum absolute atomic E-state index is 3.37. The standard InChI is InChI=1S/C21H28/c1-3-5-6-7-19-12-14-21(15-13-19)17-16-20-10-8-18(4-2)9-11-20/h8-11,14,19H,3-7,12-13,15H2,1-2H3. The van der Waals surface area contributed by atoms with E-state index in [2.05, 4.69) is 56.0 Å². The van der Waals surface area contributed by atoms with Gasteiger partial charge in [0, 0.05) is 5.56 Å². The molecule has 2 rings (SSSR count). The van der Waals surface area contributed by atoms with Crippen LogP contribution in [0, 0.1) is 17.8 Å². The lowest BCUT2D eigenvalue weighted by Gasteiger charge is -2.19. The van der Waals surface area contributed by atoms with Crippen LogP contribution in [0.3, 0.4) is 0 Å². The quantitative estimate of drug-likeness (QED) is 0.465. The Morgan fingerprint density at radius 2 is 1.86 bits per heavy atom. The monoisotopic (exact) mass is 280 g/mol. The van der Waals surface area contributed by atoms with Crippen LogP contribution in [0.1, 0.15) is 69.9 Å². The van der Waals surface area contributed by atoms with Crippen molar-refractivity contribution in [1.82, 2.24) is 0 Å². The molecule has 1 aliphatic carbocycles. The number of hydrogen-bond acceptors (Lipinski definition) is 0. The third kappa shape index (κ3) is 5.43. The molecule has 0 saturated heterocycles. The van der Waals surface area contributed by atoms with E-state index in [0.29, 0.717) is 0 Å². The molecule has 0 aliphatic heterocycles. The van der Waals surface area contributed by atoms with Gasteiger partial charge in [0.05, 0.1) is 0 Å². The predicted octanol–water partition coefficient (Wildman–Crippen LogP) is 5.91. The Labute approximate surface area is 130 Å². The summed E-state index contributed by atoms with van der Waals surface area (Å²) >= 11 is 0. The molecule has 0 amide bonds. The van der Waals surface area contributed by atoms with Crippen molar-refractivity contribution in [3.8, 4) is 11.8 Å². The number of unbranched alkanes of at least 4 members (excludes halogenated alkanes) is 2. The van der Waals surface area contributed by atoms with Crippen molar-refractivity contribution in [2.75, 3.05) is 0 Å². The van der Waals surface area contributed by atoms with Crippen LogP contribution in [0.4, 0.5) is 0 Å². The molecule has 21 heavy (non-hydrogen) atoms. The Morgan fingerprint density at radius 1 is 1.05 bits per heavy atom. The molecule has 1 aromatic rings. The zero-order valence-corrected chi connectivity index (χ0v) is 13.6. The first-order valence-electron chi connectivity index (χ1n) is 8.61. The third-order valence-corrected chi connectivity index (χ3v) is 4.47. The van der Waals surface area contributed by atoms with E-state index in [4.69, 9.17) is 0 Å². The summed E-state index contributed by atoms with van der Waals surface area (Å²) in [6.07, 6.45) is 12.8. The van der Waals surface area contributed by atoms with E-state index in [1.165, 1.54) is 56.1 Å². The SMILES string of the molecule is CCCCCC1CC=C(C#Cc2ccc(CC)cc2)CC1. The Balaban J connectivity index is 1.85. The van der Waals surface area contributed by atoms with Crippen molar-refractivity contribution >= 4 is 0 Å². The maximum atomic E-state index is 3.37. The number of benzene rings is 1. The molecule has 0 fully saturated rings. The highest BCUT2D eigenvalue weighted by molar-refractivity contribution is 5.42. The summed E-state index contributed by atoms with van der Waals surface area (Å²) in [7, 11) is 0. The van der Waals surface area contributed by atoms with Gasteiger partial charge in [-0.1, -0.05) is 69.6 Å². The molecule has 1 atom stereocenters. The summed E-state index contributed by atoms with van der Waals surface area (Å²) in [6, 6.07) is 8.65. The first kappa shape index (κ1) is 15.9. The highest BCUT2D eigenvalue weighted by Crippen LogP contribution is 2.27. The number of rotatable bonds is 5. The zero-order chi connectivity index (χ0) is 14.9. The van der Waals surface area contributed by atoms with E-state index in [9.17, 15) is 0 Å². The van der Waals surface area contributed by atoms with Crippen molar-refractivity contribution in [3.63, 3.8) is 0 Å². The minimum Gasteiger partial charge on any atom is -0.0726 e. The summed E-state index contributed by atoms with van der Waals surface area (Å²) in [5.41, 5.74) is 3.87. The Hall–Kier alpha value is -1.48. The average Bonchev–Trinajstić information content (AvgIpc) is 2.55. The van der Waals surface area contributed by atoms with Crippen molar-refractivity contribution in [2.45, 2.75) is 65.2 Å². The van der Waals surface area contributed by atoms with Gasteiger partial charge in [0.1, 0.15) is 0 Å². The molecular formula is C21H28. The number of hydrogen-bond donors (Lipinski definition) is 0. The molecule has 1 aromatic carbocycles. The fourth-order valence-electron chi connectivity index (χ4n) is 2.92. The molecule has 0 saturated carbocycles. The van der Waals surface area contributed by atoms with Gasteiger partial charge >= 0.3 is 0 Å². The van der Waals surface area contributed by atoms with Gasteiger partial charge in [-0.15, -0.1) is 0 Å². The second-order valence-corrected chi connectivity index (χ2v) is 6.17. The lowest BCUT2D eigenvalue weighted by Crippen LogP contribution is -2.05. The molecular weight excluding hydrogens is 252 g/mol. The minimum absolute atomic E-state index is 0.908. The minimum atomic E-state index is 0.908. The van der Waals surface area contributed by atoms with Crippen LogP contribution in [0.15, 0.2) is 35.9 Å². The van der Waals surface area contributed by atoms with Crippen molar-refractivity contribution in [2.24, 2.45) is 5.92 Å². The molecule has 0 aromatic heterocycles. The smallest absolute Gasteiger partial charge is 0.0249 e. The fourth-order valence-corrected chi connectivity index (χ4v) is 2.92. The lowest BCUT2D eigenvalue weighted by atomic mass is 9.86. The second-order valence-electron chi connectivity index (χ2n) is 6.17. The van der Waals surface area contributed by atoms with E-state index in [0.717, 1.165) is 17.9 Å². The highest BCUT2D eigenvalue weighted by Gasteiger charge is 2.12. The van der Waals surface area contributed by atoms with Crippen molar-refractivity contribution < 1.29 is 0 Å². The van der Waals surface area contributed by atoms with Gasteiger partial charge in [-0.3, -0.25) is 0 Å². The second kappa shape index (κ2) is 8.73. The normalized spacial score (nSPS) is 17.8. The summed E-state index contributed by atoms with van der Waals surface area (Å²) in [5, 5.41) is 0. The first-order valence-corrected chi connectivity index (χ1v) is 8.61. The van der Waals surface area contributed by atoms with E-state index in [1.807, 2.05) is 0 Å². The van der Waals surface area contributed by atoms with Gasteiger partial charge in [-0.2, -0.15) is 0 Å². The number of aryl methyl sites for hydroxylation is 1. The average molecular weight is 280 g/mol. The zero-order valence-electron chi connectivity index (χ0n) is 13.6. The van der Waals surface area contributed by atoms with Crippen molar-refractivity contribution in [1.29, 1.82) is 0 Å². The van der Waals surface area contributed by atoms with Crippen LogP contribution in [0.5, 0.6) is 0 Å². The van der Waals surface area contributed by atoms with E-state index in [-0.39, 0.29) is 0 Å². The molecule has 0 heteroatoms. The van der Waals surface area contributed by atoms with Gasteiger partial charge in [0.25, 0.3) is 0 Å². The highest BCUT2D eigenvalue weighted by atomic mass is 14.2. The fraction of sp³-hybridized carbons (Fsp3) is 0.524. The molecule has 0 heterocycles. The van der Waals surface area contributed by atoms with Gasteiger partial charge in [0.2, 0.25) is 0 Å². The lowest BCUT2D eigenvalue weighted by molar-refractivity contribution is 0.420. The molecule has 112 valence electrons. The van der Waals surface area contributed by atoms with E-state index in [1.54, 1.807) is 0 Å². The van der Waals surface area contributed by atoms with Crippen molar-refractivity contribution in [3.05, 3.63) is 47.0 Å². The molecule has 0 bridgehead atoms. The predicted molar refractivity (Wildman–Crippen MR) is 92.3 cm³/mol. The number of allylic oxidation sites excluding steroid dienone is 2. The Bertz CT molecular complexity index is 507. The summed E-state index contributed by atoms with van der Waals surface area (Å²) in [6.45, 7) is 4.46. The van der Waals surface area contributed by atoms with Crippen LogP contribution in [0.2, 0.25) is 0 Å². The summed E-state index contributed by atoms with van der Waals surface area (Å²) in [5.74, 6) is 7.60. The van der Waals surface area contributed by atoms with E-state index < -0.39 is 0 Å². The van der Waals surface area contributed by atoms with Crippen LogP contribution in [0.25, 0.3) is 0 Å².